The molecule has 0 heteroatoms. The van der Waals surface area contributed by atoms with E-state index in [2.05, 4.69) is 12.2 Å². The molecule has 10 heavy (non-hydrogen) atoms. The minimum atomic E-state index is 1.03. The van der Waals surface area contributed by atoms with Crippen molar-refractivity contribution in [2.24, 2.45) is 23.7 Å². The Morgan fingerprint density at radius 1 is 1.10 bits per heavy atom. The fourth-order valence-electron chi connectivity index (χ4n) is 3.50. The highest BCUT2D eigenvalue weighted by molar-refractivity contribution is 5.11. The van der Waals surface area contributed by atoms with E-state index in [-0.39, 0.29) is 0 Å². The Morgan fingerprint density at radius 2 is 2.00 bits per heavy atom. The van der Waals surface area contributed by atoms with E-state index in [4.69, 9.17) is 0 Å². The van der Waals surface area contributed by atoms with E-state index in [0.717, 1.165) is 23.7 Å². The van der Waals surface area contributed by atoms with Gasteiger partial charge in [-0.2, -0.15) is 0 Å². The number of allylic oxidation sites excluding steroid dienone is 2. The highest BCUT2D eigenvalue weighted by Crippen LogP contribution is 2.56. The van der Waals surface area contributed by atoms with Crippen molar-refractivity contribution in [1.29, 1.82) is 0 Å². The molecule has 0 amide bonds. The van der Waals surface area contributed by atoms with Gasteiger partial charge in [0.2, 0.25) is 0 Å². The lowest BCUT2D eigenvalue weighted by molar-refractivity contribution is 0.285. The van der Waals surface area contributed by atoms with Gasteiger partial charge in [0, 0.05) is 0 Å². The average Bonchev–Trinajstić information content (AvgIpc) is 2.60. The van der Waals surface area contributed by atoms with Crippen molar-refractivity contribution >= 4 is 0 Å². The zero-order chi connectivity index (χ0) is 6.55. The van der Waals surface area contributed by atoms with E-state index in [1.807, 2.05) is 0 Å². The quantitative estimate of drug-likeness (QED) is 0.447. The predicted molar refractivity (Wildman–Crippen MR) is 41.6 cm³/mol. The summed E-state index contributed by atoms with van der Waals surface area (Å²) >= 11 is 0. The summed E-state index contributed by atoms with van der Waals surface area (Å²) in [6, 6.07) is 0. The lowest BCUT2D eigenvalue weighted by Gasteiger charge is -2.23. The molecule has 0 saturated heterocycles. The van der Waals surface area contributed by atoms with Crippen LogP contribution in [0.25, 0.3) is 0 Å². The van der Waals surface area contributed by atoms with Gasteiger partial charge in [0.25, 0.3) is 0 Å². The Bertz CT molecular complexity index is 180. The second-order valence-electron chi connectivity index (χ2n) is 4.24. The van der Waals surface area contributed by atoms with Crippen molar-refractivity contribution in [3.8, 4) is 0 Å². The molecule has 0 nitrogen and oxygen atoms in total. The molecule has 3 rings (SSSR count). The molecule has 2 bridgehead atoms. The van der Waals surface area contributed by atoms with Crippen LogP contribution in [0.15, 0.2) is 12.2 Å². The third kappa shape index (κ3) is 0.492. The van der Waals surface area contributed by atoms with Crippen molar-refractivity contribution in [2.45, 2.75) is 25.7 Å². The summed E-state index contributed by atoms with van der Waals surface area (Å²) in [5.41, 5.74) is 0. The summed E-state index contributed by atoms with van der Waals surface area (Å²) in [5, 5.41) is 0. The van der Waals surface area contributed by atoms with Gasteiger partial charge >= 0.3 is 0 Å². The number of rotatable bonds is 0. The van der Waals surface area contributed by atoms with Gasteiger partial charge in [-0.25, -0.2) is 0 Å². The third-order valence-electron chi connectivity index (χ3n) is 3.92. The summed E-state index contributed by atoms with van der Waals surface area (Å²) in [5.74, 6) is 4.36. The highest BCUT2D eigenvalue weighted by atomic mass is 14.5. The van der Waals surface area contributed by atoms with Crippen LogP contribution in [-0.4, -0.2) is 0 Å². The molecule has 4 atom stereocenters. The molecule has 3 aliphatic rings. The topological polar surface area (TPSA) is 0 Å². The molecule has 2 fully saturated rings. The van der Waals surface area contributed by atoms with Gasteiger partial charge in [0.15, 0.2) is 0 Å². The van der Waals surface area contributed by atoms with Crippen LogP contribution in [0.1, 0.15) is 25.7 Å². The van der Waals surface area contributed by atoms with Gasteiger partial charge in [0.05, 0.1) is 0 Å². The van der Waals surface area contributed by atoms with E-state index in [1.54, 1.807) is 12.8 Å². The first kappa shape index (κ1) is 5.40. The summed E-state index contributed by atoms with van der Waals surface area (Å²) in [4.78, 5) is 0. The Labute approximate surface area is 62.3 Å². The molecule has 0 radical (unpaired) electrons. The minimum Gasteiger partial charge on any atom is -0.0879 e. The standard InChI is InChI=1S/C10H14/c1-2-9-7-4-5-8(6-7)10(9)3-1/h1-2,7-10H,3-6H2/t7-,8+,9-,10+/m0/s1. The van der Waals surface area contributed by atoms with Gasteiger partial charge in [-0.15, -0.1) is 0 Å². The molecule has 0 aromatic carbocycles. The van der Waals surface area contributed by atoms with E-state index in [1.165, 1.54) is 12.8 Å². The summed E-state index contributed by atoms with van der Waals surface area (Å²) in [6.45, 7) is 0. The summed E-state index contributed by atoms with van der Waals surface area (Å²) in [7, 11) is 0. The maximum absolute atomic E-state index is 2.49. The van der Waals surface area contributed by atoms with Crippen molar-refractivity contribution < 1.29 is 0 Å². The van der Waals surface area contributed by atoms with Crippen LogP contribution >= 0.6 is 0 Å². The molecule has 0 N–H and O–H groups in total. The lowest BCUT2D eigenvalue weighted by atomic mass is 9.82. The molecule has 0 aliphatic heterocycles. The molecule has 0 aromatic rings. The lowest BCUT2D eigenvalue weighted by Crippen LogP contribution is -2.16. The second kappa shape index (κ2) is 1.66. The van der Waals surface area contributed by atoms with Gasteiger partial charge in [-0.3, -0.25) is 0 Å². The van der Waals surface area contributed by atoms with E-state index < -0.39 is 0 Å². The normalized spacial score (nSPS) is 56.0. The molecule has 54 valence electrons. The second-order valence-corrected chi connectivity index (χ2v) is 4.24. The van der Waals surface area contributed by atoms with Crippen LogP contribution in [0.5, 0.6) is 0 Å². The zero-order valence-electron chi connectivity index (χ0n) is 6.29. The molecule has 2 saturated carbocycles. The maximum Gasteiger partial charge on any atom is -0.0171 e. The molecular formula is C10H14. The van der Waals surface area contributed by atoms with Crippen LogP contribution in [-0.2, 0) is 0 Å². The van der Waals surface area contributed by atoms with Gasteiger partial charge < -0.3 is 0 Å². The molecular weight excluding hydrogens is 120 g/mol. The van der Waals surface area contributed by atoms with Crippen LogP contribution in [0, 0.1) is 23.7 Å². The van der Waals surface area contributed by atoms with Crippen molar-refractivity contribution in [1.82, 2.24) is 0 Å². The Hall–Kier alpha value is -0.260. The summed E-state index contributed by atoms with van der Waals surface area (Å²) in [6.07, 6.45) is 11.0. The predicted octanol–water partition coefficient (Wildman–Crippen LogP) is 2.61. The van der Waals surface area contributed by atoms with E-state index in [0.29, 0.717) is 0 Å². The van der Waals surface area contributed by atoms with Gasteiger partial charge in [-0.1, -0.05) is 12.2 Å². The third-order valence-corrected chi connectivity index (χ3v) is 3.92. The van der Waals surface area contributed by atoms with Crippen molar-refractivity contribution in [3.63, 3.8) is 0 Å². The first-order valence-corrected chi connectivity index (χ1v) is 4.62. The van der Waals surface area contributed by atoms with Gasteiger partial charge in [-0.05, 0) is 49.4 Å². The Kier molecular flexibility index (Phi) is 0.898. The molecule has 0 heterocycles. The Morgan fingerprint density at radius 3 is 2.90 bits per heavy atom. The smallest absolute Gasteiger partial charge is 0.0171 e. The first-order valence-electron chi connectivity index (χ1n) is 4.62. The molecule has 0 aromatic heterocycles. The van der Waals surface area contributed by atoms with E-state index >= 15 is 0 Å². The molecule has 0 unspecified atom stereocenters. The SMILES string of the molecule is C1=C[C@H]2[C@H]3CC[C@H](C3)[C@H]2C1. The Balaban J connectivity index is 1.97. The van der Waals surface area contributed by atoms with Crippen LogP contribution in [0.3, 0.4) is 0 Å². The van der Waals surface area contributed by atoms with Crippen LogP contribution < -0.4 is 0 Å². The van der Waals surface area contributed by atoms with Crippen LogP contribution in [0.2, 0.25) is 0 Å². The largest absolute Gasteiger partial charge is 0.0879 e. The maximum atomic E-state index is 2.49. The highest BCUT2D eigenvalue weighted by Gasteiger charge is 2.47. The zero-order valence-corrected chi connectivity index (χ0v) is 6.29. The molecule has 0 spiro atoms. The monoisotopic (exact) mass is 134 g/mol. The minimum absolute atomic E-state index is 1.03. The number of fused-ring (bicyclic) bond motifs is 5. The van der Waals surface area contributed by atoms with Crippen LogP contribution in [0.4, 0.5) is 0 Å². The van der Waals surface area contributed by atoms with Crippen molar-refractivity contribution in [3.05, 3.63) is 12.2 Å². The van der Waals surface area contributed by atoms with Gasteiger partial charge in [0.1, 0.15) is 0 Å². The number of hydrogen-bond donors (Lipinski definition) is 0. The average molecular weight is 134 g/mol. The van der Waals surface area contributed by atoms with E-state index in [9.17, 15) is 0 Å². The first-order chi connectivity index (χ1) is 4.95. The molecule has 3 aliphatic carbocycles. The van der Waals surface area contributed by atoms with Crippen molar-refractivity contribution in [2.75, 3.05) is 0 Å². The fourth-order valence-corrected chi connectivity index (χ4v) is 3.50. The fraction of sp³-hybridized carbons (Fsp3) is 0.800. The number of hydrogen-bond acceptors (Lipinski definition) is 0. The summed E-state index contributed by atoms with van der Waals surface area (Å²) < 4.78 is 0.